The summed E-state index contributed by atoms with van der Waals surface area (Å²) in [5.74, 6) is 0. The topological polar surface area (TPSA) is 67.1 Å². The van der Waals surface area contributed by atoms with Gasteiger partial charge in [0.15, 0.2) is 0 Å². The molecule has 0 radical (unpaired) electrons. The van der Waals surface area contributed by atoms with Crippen molar-refractivity contribution >= 4 is 49.3 Å². The summed E-state index contributed by atoms with van der Waals surface area (Å²) in [4.78, 5) is 12.0. The molecule has 0 bridgehead atoms. The van der Waals surface area contributed by atoms with Crippen molar-refractivity contribution in [1.29, 1.82) is 0 Å². The van der Waals surface area contributed by atoms with Crippen LogP contribution < -0.4 is 16.4 Å². The predicted octanol–water partition coefficient (Wildman–Crippen LogP) is 4.88. The first-order chi connectivity index (χ1) is 9.95. The molecule has 0 aliphatic carbocycles. The second-order valence-electron chi connectivity index (χ2n) is 4.62. The lowest BCUT2D eigenvalue weighted by atomic mass is 10.1. The van der Waals surface area contributed by atoms with Crippen molar-refractivity contribution in [3.05, 3.63) is 57.0 Å². The number of amides is 2. The molecule has 0 fully saturated rings. The van der Waals surface area contributed by atoms with Gasteiger partial charge in [0.25, 0.3) is 0 Å². The van der Waals surface area contributed by atoms with Crippen LogP contribution in [0.5, 0.6) is 0 Å². The van der Waals surface area contributed by atoms with Gasteiger partial charge in [0.2, 0.25) is 0 Å². The maximum absolute atomic E-state index is 12.0. The molecule has 0 aromatic heterocycles. The van der Waals surface area contributed by atoms with Crippen LogP contribution >= 0.6 is 31.9 Å². The molecule has 0 aliphatic heterocycles. The van der Waals surface area contributed by atoms with Gasteiger partial charge in [0.1, 0.15) is 0 Å². The number of nitrogens with one attached hydrogen (secondary N) is 2. The fraction of sp³-hybridized carbons (Fsp3) is 0.133. The largest absolute Gasteiger partial charge is 0.324 e. The van der Waals surface area contributed by atoms with Crippen molar-refractivity contribution in [3.63, 3.8) is 0 Å². The summed E-state index contributed by atoms with van der Waals surface area (Å²) in [5.41, 5.74) is 8.19. The van der Waals surface area contributed by atoms with E-state index >= 15 is 0 Å². The van der Waals surface area contributed by atoms with E-state index in [9.17, 15) is 4.79 Å². The number of hydrogen-bond acceptors (Lipinski definition) is 2. The second kappa shape index (κ2) is 7.06. The van der Waals surface area contributed by atoms with Crippen molar-refractivity contribution in [2.24, 2.45) is 5.73 Å². The molecule has 1 atom stereocenters. The first kappa shape index (κ1) is 16.0. The maximum atomic E-state index is 12.0. The molecule has 0 aliphatic rings. The molecule has 21 heavy (non-hydrogen) atoms. The van der Waals surface area contributed by atoms with Crippen molar-refractivity contribution in [1.82, 2.24) is 0 Å². The Hall–Kier alpha value is -1.37. The molecule has 2 amide bonds. The number of carbonyl (C=O) groups is 1. The fourth-order valence-electron chi connectivity index (χ4n) is 1.78. The molecule has 2 rings (SSSR count). The van der Waals surface area contributed by atoms with Gasteiger partial charge < -0.3 is 16.4 Å². The smallest absolute Gasteiger partial charge is 0.323 e. The van der Waals surface area contributed by atoms with E-state index in [0.29, 0.717) is 11.4 Å². The number of rotatable bonds is 3. The third-order valence-electron chi connectivity index (χ3n) is 2.85. The van der Waals surface area contributed by atoms with Crippen molar-refractivity contribution in [2.75, 3.05) is 10.6 Å². The molecule has 6 heteroatoms. The minimum atomic E-state index is -0.310. The number of hydrogen-bond donors (Lipinski definition) is 3. The second-order valence-corrected chi connectivity index (χ2v) is 6.39. The number of benzene rings is 2. The first-order valence-corrected chi connectivity index (χ1v) is 7.93. The zero-order chi connectivity index (χ0) is 15.4. The van der Waals surface area contributed by atoms with Crippen LogP contribution in [0.25, 0.3) is 0 Å². The molecular weight excluding hydrogens is 398 g/mol. The summed E-state index contributed by atoms with van der Waals surface area (Å²) in [6.07, 6.45) is 0. The number of urea groups is 1. The average Bonchev–Trinajstić information content (AvgIpc) is 2.43. The molecule has 4 nitrogen and oxygen atoms in total. The van der Waals surface area contributed by atoms with Gasteiger partial charge in [-0.25, -0.2) is 4.79 Å². The zero-order valence-corrected chi connectivity index (χ0v) is 14.5. The lowest BCUT2D eigenvalue weighted by molar-refractivity contribution is 0.262. The van der Waals surface area contributed by atoms with E-state index in [-0.39, 0.29) is 12.1 Å². The Labute approximate surface area is 140 Å². The van der Waals surface area contributed by atoms with Gasteiger partial charge in [-0.3, -0.25) is 0 Å². The van der Waals surface area contributed by atoms with Gasteiger partial charge in [-0.1, -0.05) is 28.1 Å². The Morgan fingerprint density at radius 3 is 2.62 bits per heavy atom. The molecule has 1 unspecified atom stereocenters. The Bertz CT molecular complexity index is 659. The van der Waals surface area contributed by atoms with E-state index in [1.54, 1.807) is 0 Å². The monoisotopic (exact) mass is 411 g/mol. The molecule has 0 spiro atoms. The summed E-state index contributed by atoms with van der Waals surface area (Å²) in [6.45, 7) is 1.90. The molecule has 0 saturated heterocycles. The third kappa shape index (κ3) is 4.56. The standard InChI is InChI=1S/C15H15Br2N3O/c1-9(18)10-3-2-4-12(7-10)19-15(21)20-14-8-11(16)5-6-13(14)17/h2-9H,18H2,1H3,(H2,19,20,21). The summed E-state index contributed by atoms with van der Waals surface area (Å²) in [6, 6.07) is 12.7. The highest BCUT2D eigenvalue weighted by atomic mass is 79.9. The highest BCUT2D eigenvalue weighted by Crippen LogP contribution is 2.26. The predicted molar refractivity (Wildman–Crippen MR) is 93.5 cm³/mol. The van der Waals surface area contributed by atoms with Gasteiger partial charge in [-0.2, -0.15) is 0 Å². The van der Waals surface area contributed by atoms with Gasteiger partial charge in [-0.05, 0) is 58.7 Å². The number of anilines is 2. The van der Waals surface area contributed by atoms with Crippen molar-refractivity contribution in [2.45, 2.75) is 13.0 Å². The zero-order valence-electron chi connectivity index (χ0n) is 11.4. The normalized spacial score (nSPS) is 11.8. The van der Waals surface area contributed by atoms with Crippen molar-refractivity contribution < 1.29 is 4.79 Å². The molecule has 4 N–H and O–H groups in total. The van der Waals surface area contributed by atoms with Crippen LogP contribution in [0.2, 0.25) is 0 Å². The first-order valence-electron chi connectivity index (χ1n) is 6.34. The highest BCUT2D eigenvalue weighted by molar-refractivity contribution is 9.11. The van der Waals surface area contributed by atoms with E-state index < -0.39 is 0 Å². The van der Waals surface area contributed by atoms with E-state index in [1.165, 1.54) is 0 Å². The summed E-state index contributed by atoms with van der Waals surface area (Å²) in [7, 11) is 0. The minimum Gasteiger partial charge on any atom is -0.324 e. The maximum Gasteiger partial charge on any atom is 0.323 e. The lowest BCUT2D eigenvalue weighted by Crippen LogP contribution is -2.20. The Morgan fingerprint density at radius 1 is 1.14 bits per heavy atom. The fourth-order valence-corrected chi connectivity index (χ4v) is 2.48. The van der Waals surface area contributed by atoms with E-state index in [2.05, 4.69) is 42.5 Å². The van der Waals surface area contributed by atoms with E-state index in [4.69, 9.17) is 5.73 Å². The molecule has 2 aromatic rings. The number of carbonyl (C=O) groups excluding carboxylic acids is 1. The molecule has 0 saturated carbocycles. The van der Waals surface area contributed by atoms with Gasteiger partial charge in [0, 0.05) is 20.7 Å². The lowest BCUT2D eigenvalue weighted by Gasteiger charge is -2.11. The Kier molecular flexibility index (Phi) is 5.39. The SMILES string of the molecule is CC(N)c1cccc(NC(=O)Nc2cc(Br)ccc2Br)c1. The van der Waals surface area contributed by atoms with Crippen LogP contribution in [0, 0.1) is 0 Å². The number of halogens is 2. The summed E-state index contributed by atoms with van der Waals surface area (Å²) >= 11 is 6.77. The minimum absolute atomic E-state index is 0.0750. The van der Waals surface area contributed by atoms with Crippen LogP contribution in [0.3, 0.4) is 0 Å². The molecule has 110 valence electrons. The van der Waals surface area contributed by atoms with Crippen LogP contribution in [-0.4, -0.2) is 6.03 Å². The van der Waals surface area contributed by atoms with Crippen LogP contribution in [0.1, 0.15) is 18.5 Å². The summed E-state index contributed by atoms with van der Waals surface area (Å²) in [5, 5.41) is 5.58. The molecule has 0 heterocycles. The Balaban J connectivity index is 2.08. The van der Waals surface area contributed by atoms with Crippen LogP contribution in [-0.2, 0) is 0 Å². The molecule has 2 aromatic carbocycles. The average molecular weight is 413 g/mol. The van der Waals surface area contributed by atoms with Gasteiger partial charge in [0.05, 0.1) is 5.69 Å². The Morgan fingerprint density at radius 2 is 1.90 bits per heavy atom. The van der Waals surface area contributed by atoms with Crippen molar-refractivity contribution in [3.8, 4) is 0 Å². The number of nitrogens with two attached hydrogens (primary N) is 1. The van der Waals surface area contributed by atoms with Gasteiger partial charge >= 0.3 is 6.03 Å². The highest BCUT2D eigenvalue weighted by Gasteiger charge is 2.07. The van der Waals surface area contributed by atoms with Crippen LogP contribution in [0.4, 0.5) is 16.2 Å². The molecular formula is C15H15Br2N3O. The van der Waals surface area contributed by atoms with Crippen LogP contribution in [0.15, 0.2) is 51.4 Å². The summed E-state index contributed by atoms with van der Waals surface area (Å²) < 4.78 is 1.70. The van der Waals surface area contributed by atoms with E-state index in [0.717, 1.165) is 14.5 Å². The van der Waals surface area contributed by atoms with Gasteiger partial charge in [-0.15, -0.1) is 0 Å². The quantitative estimate of drug-likeness (QED) is 0.672. The third-order valence-corrected chi connectivity index (χ3v) is 4.03. The van der Waals surface area contributed by atoms with E-state index in [1.807, 2.05) is 49.4 Å².